The number of aryl methyl sites for hydroxylation is 1. The fourth-order valence-corrected chi connectivity index (χ4v) is 3.79. The van der Waals surface area contributed by atoms with Crippen molar-refractivity contribution in [1.82, 2.24) is 4.98 Å². The molecule has 108 valence electrons. The molecule has 0 N–H and O–H groups in total. The molecular weight excluding hydrogens is 266 g/mol. The summed E-state index contributed by atoms with van der Waals surface area (Å²) in [6, 6.07) is 19.5. The van der Waals surface area contributed by atoms with Crippen molar-refractivity contribution < 1.29 is 0 Å². The Kier molecular flexibility index (Phi) is 2.74. The Balaban J connectivity index is 2.09. The van der Waals surface area contributed by atoms with Crippen molar-refractivity contribution in [2.45, 2.75) is 26.2 Å². The van der Waals surface area contributed by atoms with Gasteiger partial charge in [-0.3, -0.25) is 4.98 Å². The predicted molar refractivity (Wildman–Crippen MR) is 92.0 cm³/mol. The molecule has 0 unspecified atom stereocenters. The van der Waals surface area contributed by atoms with Crippen LogP contribution < -0.4 is 0 Å². The van der Waals surface area contributed by atoms with E-state index >= 15 is 0 Å². The van der Waals surface area contributed by atoms with Crippen molar-refractivity contribution in [1.29, 1.82) is 0 Å². The lowest BCUT2D eigenvalue weighted by atomic mass is 9.79. The number of pyridine rings is 1. The third-order valence-corrected chi connectivity index (χ3v) is 4.74. The molecule has 22 heavy (non-hydrogen) atoms. The molecule has 1 aliphatic carbocycles. The highest BCUT2D eigenvalue weighted by atomic mass is 14.7. The van der Waals surface area contributed by atoms with Crippen molar-refractivity contribution in [3.63, 3.8) is 0 Å². The molecule has 0 saturated carbocycles. The normalized spacial score (nSPS) is 14.5. The zero-order valence-corrected chi connectivity index (χ0v) is 13.2. The average Bonchev–Trinajstić information content (AvgIpc) is 2.76. The number of aromatic nitrogens is 1. The van der Waals surface area contributed by atoms with Crippen LogP contribution in [0.3, 0.4) is 0 Å². The summed E-state index contributed by atoms with van der Waals surface area (Å²) in [5.41, 5.74) is 9.15. The van der Waals surface area contributed by atoms with Gasteiger partial charge in [-0.2, -0.15) is 0 Å². The summed E-state index contributed by atoms with van der Waals surface area (Å²) in [6.45, 7) is 6.81. The molecule has 0 aliphatic heterocycles. The molecule has 0 fully saturated rings. The lowest BCUT2D eigenvalue weighted by Crippen LogP contribution is -2.16. The van der Waals surface area contributed by atoms with Crippen LogP contribution in [0.5, 0.6) is 0 Å². The Morgan fingerprint density at radius 3 is 2.32 bits per heavy atom. The summed E-state index contributed by atoms with van der Waals surface area (Å²) in [4.78, 5) is 4.60. The van der Waals surface area contributed by atoms with E-state index < -0.39 is 0 Å². The first kappa shape index (κ1) is 13.3. The zero-order valence-electron chi connectivity index (χ0n) is 13.2. The monoisotopic (exact) mass is 285 g/mol. The van der Waals surface area contributed by atoms with Crippen molar-refractivity contribution in [3.05, 3.63) is 77.5 Å². The summed E-state index contributed by atoms with van der Waals surface area (Å²) < 4.78 is 0. The van der Waals surface area contributed by atoms with Crippen LogP contribution in [0.4, 0.5) is 0 Å². The van der Waals surface area contributed by atoms with Crippen LogP contribution in [0.15, 0.2) is 60.8 Å². The highest BCUT2D eigenvalue weighted by Crippen LogP contribution is 2.52. The van der Waals surface area contributed by atoms with Gasteiger partial charge in [0.05, 0.1) is 5.69 Å². The minimum Gasteiger partial charge on any atom is -0.256 e. The molecule has 1 heterocycles. The molecule has 1 aliphatic rings. The maximum absolute atomic E-state index is 4.60. The number of fused-ring (bicyclic) bond motifs is 3. The van der Waals surface area contributed by atoms with E-state index in [9.17, 15) is 0 Å². The Hall–Kier alpha value is -2.41. The van der Waals surface area contributed by atoms with Crippen LogP contribution in [0, 0.1) is 6.92 Å². The van der Waals surface area contributed by atoms with Gasteiger partial charge < -0.3 is 0 Å². The van der Waals surface area contributed by atoms with Gasteiger partial charge in [-0.05, 0) is 52.9 Å². The largest absolute Gasteiger partial charge is 0.256 e. The highest BCUT2D eigenvalue weighted by molar-refractivity contribution is 5.87. The quantitative estimate of drug-likeness (QED) is 0.586. The first-order valence-corrected chi connectivity index (χ1v) is 7.75. The van der Waals surface area contributed by atoms with Crippen LogP contribution in [0.25, 0.3) is 22.4 Å². The van der Waals surface area contributed by atoms with Gasteiger partial charge in [-0.1, -0.05) is 50.2 Å². The fraction of sp³-hybridized carbons (Fsp3) is 0.190. The molecule has 3 aromatic rings. The molecule has 1 aromatic heterocycles. The second kappa shape index (κ2) is 4.54. The molecule has 1 heteroatoms. The second-order valence-electron chi connectivity index (χ2n) is 6.62. The molecule has 0 bridgehead atoms. The summed E-state index contributed by atoms with van der Waals surface area (Å²) >= 11 is 0. The van der Waals surface area contributed by atoms with Gasteiger partial charge in [-0.15, -0.1) is 0 Å². The Morgan fingerprint density at radius 2 is 1.55 bits per heavy atom. The molecule has 1 nitrogen and oxygen atoms in total. The second-order valence-corrected chi connectivity index (χ2v) is 6.62. The minimum atomic E-state index is 0.00643. The smallest absolute Gasteiger partial charge is 0.0705 e. The standard InChI is InChI=1S/C21H19N/c1-14-12-16-15-8-4-5-9-18(15)21(2,3)20(16)17(13-14)19-10-6-7-11-22-19/h4-13H,1-3H3. The highest BCUT2D eigenvalue weighted by Gasteiger charge is 2.37. The van der Waals surface area contributed by atoms with Gasteiger partial charge in [-0.25, -0.2) is 0 Å². The Bertz CT molecular complexity index is 860. The van der Waals surface area contributed by atoms with E-state index in [1.165, 1.54) is 33.4 Å². The van der Waals surface area contributed by atoms with Crippen molar-refractivity contribution in [2.75, 3.05) is 0 Å². The van der Waals surface area contributed by atoms with Crippen molar-refractivity contribution >= 4 is 0 Å². The molecule has 0 radical (unpaired) electrons. The van der Waals surface area contributed by atoms with Crippen molar-refractivity contribution in [2.24, 2.45) is 0 Å². The van der Waals surface area contributed by atoms with Gasteiger partial charge in [0.2, 0.25) is 0 Å². The van der Waals surface area contributed by atoms with Crippen LogP contribution in [0.1, 0.15) is 30.5 Å². The number of nitrogens with zero attached hydrogens (tertiary/aromatic N) is 1. The van der Waals surface area contributed by atoms with E-state index in [2.05, 4.69) is 74.3 Å². The van der Waals surface area contributed by atoms with Crippen LogP contribution in [-0.2, 0) is 5.41 Å². The van der Waals surface area contributed by atoms with Gasteiger partial charge in [0, 0.05) is 17.2 Å². The van der Waals surface area contributed by atoms with E-state index in [1.807, 2.05) is 12.3 Å². The molecule has 0 atom stereocenters. The first-order chi connectivity index (χ1) is 10.6. The zero-order chi connectivity index (χ0) is 15.3. The van der Waals surface area contributed by atoms with E-state index in [4.69, 9.17) is 0 Å². The lowest BCUT2D eigenvalue weighted by molar-refractivity contribution is 0.661. The predicted octanol–water partition coefficient (Wildman–Crippen LogP) is 5.36. The maximum atomic E-state index is 4.60. The third kappa shape index (κ3) is 1.75. The van der Waals surface area contributed by atoms with Crippen molar-refractivity contribution in [3.8, 4) is 22.4 Å². The van der Waals surface area contributed by atoms with Crippen LogP contribution in [-0.4, -0.2) is 4.98 Å². The number of rotatable bonds is 1. The SMILES string of the molecule is Cc1cc(-c2ccccn2)c2c(c1)-c1ccccc1C2(C)C. The van der Waals surface area contributed by atoms with E-state index in [0.717, 1.165) is 5.69 Å². The molecule has 0 amide bonds. The lowest BCUT2D eigenvalue weighted by Gasteiger charge is -2.24. The summed E-state index contributed by atoms with van der Waals surface area (Å²) in [5.74, 6) is 0. The molecule has 0 spiro atoms. The fourth-order valence-electron chi connectivity index (χ4n) is 3.79. The van der Waals surface area contributed by atoms with E-state index in [1.54, 1.807) is 0 Å². The Morgan fingerprint density at radius 1 is 0.818 bits per heavy atom. The van der Waals surface area contributed by atoms with E-state index in [0.29, 0.717) is 0 Å². The molecule has 4 rings (SSSR count). The number of hydrogen-bond donors (Lipinski definition) is 0. The van der Waals surface area contributed by atoms with Gasteiger partial charge >= 0.3 is 0 Å². The molecular formula is C21H19N. The summed E-state index contributed by atoms with van der Waals surface area (Å²) in [5, 5.41) is 0. The first-order valence-electron chi connectivity index (χ1n) is 7.75. The summed E-state index contributed by atoms with van der Waals surface area (Å²) in [7, 11) is 0. The average molecular weight is 285 g/mol. The van der Waals surface area contributed by atoms with Crippen LogP contribution in [0.2, 0.25) is 0 Å². The maximum Gasteiger partial charge on any atom is 0.0705 e. The Labute approximate surface area is 131 Å². The molecule has 2 aromatic carbocycles. The minimum absolute atomic E-state index is 0.00643. The van der Waals surface area contributed by atoms with Gasteiger partial charge in [0.25, 0.3) is 0 Å². The van der Waals surface area contributed by atoms with Crippen LogP contribution >= 0.6 is 0 Å². The van der Waals surface area contributed by atoms with Gasteiger partial charge in [0.1, 0.15) is 0 Å². The number of hydrogen-bond acceptors (Lipinski definition) is 1. The molecule has 0 saturated heterocycles. The number of benzene rings is 2. The van der Waals surface area contributed by atoms with Gasteiger partial charge in [0.15, 0.2) is 0 Å². The topological polar surface area (TPSA) is 12.9 Å². The third-order valence-electron chi connectivity index (χ3n) is 4.74. The van der Waals surface area contributed by atoms with E-state index in [-0.39, 0.29) is 5.41 Å². The summed E-state index contributed by atoms with van der Waals surface area (Å²) in [6.07, 6.45) is 1.87.